The third-order valence-corrected chi connectivity index (χ3v) is 7.95. The van der Waals surface area contributed by atoms with Gasteiger partial charge in [0.05, 0.1) is 0 Å². The van der Waals surface area contributed by atoms with Crippen molar-refractivity contribution >= 4 is 17.7 Å². The molecule has 2 aromatic carbocycles. The van der Waals surface area contributed by atoms with E-state index in [0.29, 0.717) is 37.1 Å². The molecular formula is C31H41N3O3. The number of hydrogen-bond donors (Lipinski definition) is 2. The number of amides is 3. The second-order valence-electron chi connectivity index (χ2n) is 11.7. The van der Waals surface area contributed by atoms with E-state index >= 15 is 0 Å². The lowest BCUT2D eigenvalue weighted by atomic mass is 9.86. The Morgan fingerprint density at radius 2 is 1.41 bits per heavy atom. The Kier molecular flexibility index (Phi) is 8.35. The molecule has 2 atom stereocenters. The van der Waals surface area contributed by atoms with Gasteiger partial charge in [0.2, 0.25) is 5.91 Å². The standard InChI is InChI=1S/C31H41N3O3/c1-21-9-5-6-10-25(21)29(36)33-27-12-8-7-11-26(27)32-28(35)22-17-19-34(20-18-22)30(37)23-13-15-24(16-14-23)31(2,3)4/h5-6,9-10,13-16,22,26-27H,7-8,11-12,17-20H2,1-4H3,(H,32,35)(H,33,36)/t26-,27-/m1/s1. The predicted octanol–water partition coefficient (Wildman–Crippen LogP) is 5.00. The largest absolute Gasteiger partial charge is 0.351 e. The molecule has 1 saturated carbocycles. The molecule has 0 radical (unpaired) electrons. The van der Waals surface area contributed by atoms with Gasteiger partial charge in [0, 0.05) is 42.2 Å². The van der Waals surface area contributed by atoms with E-state index in [-0.39, 0.29) is 41.1 Å². The van der Waals surface area contributed by atoms with Crippen LogP contribution >= 0.6 is 0 Å². The summed E-state index contributed by atoms with van der Waals surface area (Å²) in [5.74, 6) is -0.109. The first-order chi connectivity index (χ1) is 17.6. The van der Waals surface area contributed by atoms with Gasteiger partial charge in [-0.2, -0.15) is 0 Å². The Labute approximate surface area is 221 Å². The molecule has 0 aromatic heterocycles. The summed E-state index contributed by atoms with van der Waals surface area (Å²) in [7, 11) is 0. The van der Waals surface area contributed by atoms with E-state index in [9.17, 15) is 14.4 Å². The lowest BCUT2D eigenvalue weighted by molar-refractivity contribution is -0.127. The third-order valence-electron chi connectivity index (χ3n) is 7.95. The van der Waals surface area contributed by atoms with Crippen LogP contribution in [0.5, 0.6) is 0 Å². The minimum atomic E-state index is -0.109. The van der Waals surface area contributed by atoms with Crippen molar-refractivity contribution in [3.05, 3.63) is 70.8 Å². The smallest absolute Gasteiger partial charge is 0.253 e. The zero-order valence-corrected chi connectivity index (χ0v) is 22.7. The zero-order chi connectivity index (χ0) is 26.6. The van der Waals surface area contributed by atoms with Gasteiger partial charge in [-0.25, -0.2) is 0 Å². The van der Waals surface area contributed by atoms with E-state index in [0.717, 1.165) is 31.2 Å². The Morgan fingerprint density at radius 1 is 0.811 bits per heavy atom. The maximum absolute atomic E-state index is 13.2. The first-order valence-corrected chi connectivity index (χ1v) is 13.7. The number of piperidine rings is 1. The molecule has 0 spiro atoms. The van der Waals surface area contributed by atoms with Gasteiger partial charge in [-0.05, 0) is 67.3 Å². The molecule has 6 nitrogen and oxygen atoms in total. The summed E-state index contributed by atoms with van der Waals surface area (Å²) in [4.78, 5) is 41.0. The van der Waals surface area contributed by atoms with Crippen LogP contribution in [0.25, 0.3) is 0 Å². The molecule has 2 N–H and O–H groups in total. The van der Waals surface area contributed by atoms with Crippen LogP contribution in [0.4, 0.5) is 0 Å². The van der Waals surface area contributed by atoms with Gasteiger partial charge < -0.3 is 15.5 Å². The van der Waals surface area contributed by atoms with Crippen LogP contribution in [-0.2, 0) is 10.2 Å². The molecule has 198 valence electrons. The number of hydrogen-bond acceptors (Lipinski definition) is 3. The van der Waals surface area contributed by atoms with Crippen molar-refractivity contribution < 1.29 is 14.4 Å². The Bertz CT molecular complexity index is 1110. The number of nitrogens with one attached hydrogen (secondary N) is 2. The monoisotopic (exact) mass is 503 g/mol. The van der Waals surface area contributed by atoms with Gasteiger partial charge in [-0.1, -0.05) is 63.9 Å². The molecule has 2 fully saturated rings. The van der Waals surface area contributed by atoms with Crippen LogP contribution in [-0.4, -0.2) is 47.8 Å². The summed E-state index contributed by atoms with van der Waals surface area (Å²) in [6.07, 6.45) is 5.13. The van der Waals surface area contributed by atoms with Crippen LogP contribution in [0, 0.1) is 12.8 Å². The molecule has 37 heavy (non-hydrogen) atoms. The molecular weight excluding hydrogens is 462 g/mol. The van der Waals surface area contributed by atoms with Crippen molar-refractivity contribution in [3.63, 3.8) is 0 Å². The summed E-state index contributed by atoms with van der Waals surface area (Å²) in [6.45, 7) is 9.58. The predicted molar refractivity (Wildman–Crippen MR) is 147 cm³/mol. The van der Waals surface area contributed by atoms with Crippen molar-refractivity contribution in [1.29, 1.82) is 0 Å². The summed E-state index contributed by atoms with van der Waals surface area (Å²) >= 11 is 0. The second-order valence-corrected chi connectivity index (χ2v) is 11.7. The van der Waals surface area contributed by atoms with E-state index in [1.165, 1.54) is 5.56 Å². The highest BCUT2D eigenvalue weighted by molar-refractivity contribution is 5.96. The van der Waals surface area contributed by atoms with Gasteiger partial charge in [0.15, 0.2) is 0 Å². The molecule has 1 saturated heterocycles. The second kappa shape index (κ2) is 11.5. The van der Waals surface area contributed by atoms with Crippen molar-refractivity contribution in [2.45, 2.75) is 83.7 Å². The molecule has 3 amide bonds. The highest BCUT2D eigenvalue weighted by Gasteiger charge is 2.33. The van der Waals surface area contributed by atoms with E-state index in [1.54, 1.807) is 0 Å². The molecule has 1 aliphatic carbocycles. The first kappa shape index (κ1) is 26.9. The number of nitrogens with zero attached hydrogens (tertiary/aromatic N) is 1. The van der Waals surface area contributed by atoms with Crippen LogP contribution in [0.15, 0.2) is 48.5 Å². The molecule has 2 aliphatic rings. The summed E-state index contributed by atoms with van der Waals surface area (Å²) in [6, 6.07) is 15.3. The Hall–Kier alpha value is -3.15. The maximum Gasteiger partial charge on any atom is 0.253 e. The van der Waals surface area contributed by atoms with Gasteiger partial charge in [0.25, 0.3) is 11.8 Å². The van der Waals surface area contributed by atoms with Crippen LogP contribution in [0.1, 0.15) is 91.1 Å². The fourth-order valence-corrected chi connectivity index (χ4v) is 5.49. The molecule has 0 unspecified atom stereocenters. The van der Waals surface area contributed by atoms with Crippen LogP contribution in [0.3, 0.4) is 0 Å². The molecule has 0 bridgehead atoms. The molecule has 6 heteroatoms. The molecule has 2 aromatic rings. The number of rotatable bonds is 5. The zero-order valence-electron chi connectivity index (χ0n) is 22.7. The number of carbonyl (C=O) groups is 3. The van der Waals surface area contributed by atoms with Crippen molar-refractivity contribution in [3.8, 4) is 0 Å². The number of benzene rings is 2. The van der Waals surface area contributed by atoms with Crippen LogP contribution in [0.2, 0.25) is 0 Å². The maximum atomic E-state index is 13.2. The van der Waals surface area contributed by atoms with E-state index in [2.05, 4.69) is 31.4 Å². The van der Waals surface area contributed by atoms with Gasteiger partial charge in [0.1, 0.15) is 0 Å². The summed E-state index contributed by atoms with van der Waals surface area (Å²) < 4.78 is 0. The average molecular weight is 504 g/mol. The lowest BCUT2D eigenvalue weighted by Gasteiger charge is -2.36. The topological polar surface area (TPSA) is 78.5 Å². The van der Waals surface area contributed by atoms with Gasteiger partial charge in [-0.15, -0.1) is 0 Å². The lowest BCUT2D eigenvalue weighted by Crippen LogP contribution is -2.55. The quantitative estimate of drug-likeness (QED) is 0.603. The fourth-order valence-electron chi connectivity index (χ4n) is 5.49. The molecule has 4 rings (SSSR count). The highest BCUT2D eigenvalue weighted by atomic mass is 16.2. The average Bonchev–Trinajstić information content (AvgIpc) is 2.89. The normalized spacial score (nSPS) is 20.8. The van der Waals surface area contributed by atoms with Gasteiger partial charge in [-0.3, -0.25) is 14.4 Å². The number of aryl methyl sites for hydroxylation is 1. The summed E-state index contributed by atoms with van der Waals surface area (Å²) in [5.41, 5.74) is 3.58. The van der Waals surface area contributed by atoms with E-state index in [4.69, 9.17) is 0 Å². The highest BCUT2D eigenvalue weighted by Crippen LogP contribution is 2.25. The van der Waals surface area contributed by atoms with Crippen LogP contribution < -0.4 is 10.6 Å². The molecule has 1 heterocycles. The minimum absolute atomic E-state index is 0.0329. The van der Waals surface area contributed by atoms with E-state index < -0.39 is 0 Å². The number of likely N-dealkylation sites (tertiary alicyclic amines) is 1. The Balaban J connectivity index is 1.30. The third kappa shape index (κ3) is 6.60. The van der Waals surface area contributed by atoms with Crippen molar-refractivity contribution in [1.82, 2.24) is 15.5 Å². The van der Waals surface area contributed by atoms with Gasteiger partial charge >= 0.3 is 0 Å². The first-order valence-electron chi connectivity index (χ1n) is 13.7. The van der Waals surface area contributed by atoms with Crippen molar-refractivity contribution in [2.24, 2.45) is 5.92 Å². The molecule has 1 aliphatic heterocycles. The van der Waals surface area contributed by atoms with E-state index in [1.807, 2.05) is 60.4 Å². The van der Waals surface area contributed by atoms with Crippen molar-refractivity contribution in [2.75, 3.05) is 13.1 Å². The fraction of sp³-hybridized carbons (Fsp3) is 0.516. The summed E-state index contributed by atoms with van der Waals surface area (Å²) in [5, 5.41) is 6.43. The SMILES string of the molecule is Cc1ccccc1C(=O)N[C@@H]1CCCC[C@H]1NC(=O)C1CCN(C(=O)c2ccc(C(C)(C)C)cc2)CC1. The number of carbonyl (C=O) groups excluding carboxylic acids is 3. The Morgan fingerprint density at radius 3 is 2.00 bits per heavy atom. The minimum Gasteiger partial charge on any atom is -0.351 e.